The van der Waals surface area contributed by atoms with E-state index in [1.807, 2.05) is 6.20 Å². The van der Waals surface area contributed by atoms with E-state index < -0.39 is 0 Å². The van der Waals surface area contributed by atoms with Gasteiger partial charge in [0.15, 0.2) is 0 Å². The number of benzene rings is 2. The van der Waals surface area contributed by atoms with Crippen LogP contribution >= 0.6 is 0 Å². The van der Waals surface area contributed by atoms with Gasteiger partial charge in [-0.2, -0.15) is 5.10 Å². The Bertz CT molecular complexity index is 812. The summed E-state index contributed by atoms with van der Waals surface area (Å²) in [4.78, 5) is 0. The lowest BCUT2D eigenvalue weighted by Gasteiger charge is -2.08. The van der Waals surface area contributed by atoms with Crippen molar-refractivity contribution in [2.45, 2.75) is 26.6 Å². The van der Waals surface area contributed by atoms with Crippen LogP contribution in [-0.2, 0) is 19.7 Å². The summed E-state index contributed by atoms with van der Waals surface area (Å²) in [7, 11) is 0. The van der Waals surface area contributed by atoms with Crippen LogP contribution in [0.15, 0.2) is 48.7 Å². The topological polar surface area (TPSA) is 60.9 Å². The van der Waals surface area contributed by atoms with Gasteiger partial charge in [0.1, 0.15) is 5.82 Å². The van der Waals surface area contributed by atoms with E-state index in [-0.39, 0.29) is 12.4 Å². The fraction of sp³-hybridized carbons (Fsp3) is 0.211. The van der Waals surface area contributed by atoms with Crippen LogP contribution in [0.4, 0.5) is 4.39 Å². The van der Waals surface area contributed by atoms with E-state index in [4.69, 9.17) is 5.11 Å². The SMILES string of the molecule is Cc1ccc(-c2[nH]ncc2CNCc2ccc(F)c(CO)c2)cc1. The van der Waals surface area contributed by atoms with Gasteiger partial charge in [-0.3, -0.25) is 5.10 Å². The number of rotatable bonds is 6. The second-order valence-corrected chi connectivity index (χ2v) is 5.82. The van der Waals surface area contributed by atoms with Crippen LogP contribution in [0.25, 0.3) is 11.3 Å². The average molecular weight is 325 g/mol. The summed E-state index contributed by atoms with van der Waals surface area (Å²) in [6, 6.07) is 13.1. The molecule has 4 nitrogen and oxygen atoms in total. The molecule has 0 aliphatic heterocycles. The molecule has 0 spiro atoms. The summed E-state index contributed by atoms with van der Waals surface area (Å²) in [5, 5.41) is 19.6. The van der Waals surface area contributed by atoms with E-state index in [9.17, 15) is 4.39 Å². The van der Waals surface area contributed by atoms with E-state index in [2.05, 4.69) is 46.7 Å². The van der Waals surface area contributed by atoms with E-state index in [1.54, 1.807) is 12.1 Å². The molecule has 0 fully saturated rings. The van der Waals surface area contributed by atoms with Gasteiger partial charge < -0.3 is 10.4 Å². The normalized spacial score (nSPS) is 11.0. The third-order valence-corrected chi connectivity index (χ3v) is 3.98. The van der Waals surface area contributed by atoms with Crippen LogP contribution in [-0.4, -0.2) is 15.3 Å². The molecule has 0 bridgehead atoms. The molecule has 24 heavy (non-hydrogen) atoms. The average Bonchev–Trinajstić information content (AvgIpc) is 3.05. The summed E-state index contributed by atoms with van der Waals surface area (Å²) < 4.78 is 13.4. The van der Waals surface area contributed by atoms with Crippen LogP contribution < -0.4 is 5.32 Å². The van der Waals surface area contributed by atoms with Crippen molar-refractivity contribution < 1.29 is 9.50 Å². The highest BCUT2D eigenvalue weighted by Gasteiger charge is 2.08. The molecule has 0 aliphatic carbocycles. The van der Waals surface area contributed by atoms with E-state index in [0.717, 1.165) is 22.4 Å². The van der Waals surface area contributed by atoms with Gasteiger partial charge in [-0.25, -0.2) is 4.39 Å². The maximum absolute atomic E-state index is 13.4. The van der Waals surface area contributed by atoms with Gasteiger partial charge in [-0.1, -0.05) is 35.9 Å². The molecule has 2 aromatic carbocycles. The molecule has 0 saturated heterocycles. The first-order valence-corrected chi connectivity index (χ1v) is 7.85. The second kappa shape index (κ2) is 7.38. The maximum atomic E-state index is 13.4. The lowest BCUT2D eigenvalue weighted by molar-refractivity contribution is 0.275. The first-order chi connectivity index (χ1) is 11.7. The van der Waals surface area contributed by atoms with Crippen LogP contribution in [0, 0.1) is 12.7 Å². The summed E-state index contributed by atoms with van der Waals surface area (Å²) in [6.45, 7) is 3.00. The van der Waals surface area contributed by atoms with Crippen LogP contribution in [0.5, 0.6) is 0 Å². The lowest BCUT2D eigenvalue weighted by Crippen LogP contribution is -2.13. The minimum Gasteiger partial charge on any atom is -0.392 e. The summed E-state index contributed by atoms with van der Waals surface area (Å²) >= 11 is 0. The molecular formula is C19H20FN3O. The molecule has 0 aliphatic rings. The number of hydrogen-bond acceptors (Lipinski definition) is 3. The number of H-pyrrole nitrogens is 1. The molecular weight excluding hydrogens is 305 g/mol. The summed E-state index contributed by atoms with van der Waals surface area (Å²) in [5.74, 6) is -0.377. The predicted molar refractivity (Wildman–Crippen MR) is 91.6 cm³/mol. The van der Waals surface area contributed by atoms with Crippen molar-refractivity contribution in [1.82, 2.24) is 15.5 Å². The molecule has 124 valence electrons. The summed E-state index contributed by atoms with van der Waals surface area (Å²) in [6.07, 6.45) is 1.81. The molecule has 1 aromatic heterocycles. The third kappa shape index (κ3) is 3.69. The summed E-state index contributed by atoms with van der Waals surface area (Å²) in [5.41, 5.74) is 5.63. The fourth-order valence-corrected chi connectivity index (χ4v) is 2.62. The Kier molecular flexibility index (Phi) is 5.03. The molecule has 0 radical (unpaired) electrons. The number of aliphatic hydroxyl groups is 1. The zero-order chi connectivity index (χ0) is 16.9. The fourth-order valence-electron chi connectivity index (χ4n) is 2.62. The Labute approximate surface area is 140 Å². The zero-order valence-corrected chi connectivity index (χ0v) is 13.5. The van der Waals surface area contributed by atoms with Gasteiger partial charge in [0.2, 0.25) is 0 Å². The number of aromatic nitrogens is 2. The van der Waals surface area contributed by atoms with Gasteiger partial charge >= 0.3 is 0 Å². The molecule has 0 amide bonds. The first kappa shape index (κ1) is 16.4. The Hall–Kier alpha value is -2.50. The van der Waals surface area contributed by atoms with Crippen molar-refractivity contribution in [3.63, 3.8) is 0 Å². The zero-order valence-electron chi connectivity index (χ0n) is 13.5. The highest BCUT2D eigenvalue weighted by atomic mass is 19.1. The Morgan fingerprint density at radius 3 is 2.62 bits per heavy atom. The monoisotopic (exact) mass is 325 g/mol. The van der Waals surface area contributed by atoms with E-state index in [1.165, 1.54) is 11.6 Å². The Balaban J connectivity index is 1.66. The van der Waals surface area contributed by atoms with Crippen molar-refractivity contribution in [1.29, 1.82) is 0 Å². The third-order valence-electron chi connectivity index (χ3n) is 3.98. The van der Waals surface area contributed by atoms with Crippen molar-refractivity contribution >= 4 is 0 Å². The second-order valence-electron chi connectivity index (χ2n) is 5.82. The molecule has 3 aromatic rings. The molecule has 1 heterocycles. The standard InChI is InChI=1S/C19H20FN3O/c1-13-2-5-15(6-3-13)19-17(11-22-23-19)10-21-9-14-4-7-18(20)16(8-14)12-24/h2-8,11,21,24H,9-10,12H2,1H3,(H,22,23). The van der Waals surface area contributed by atoms with Gasteiger partial charge in [-0.15, -0.1) is 0 Å². The number of nitrogens with zero attached hydrogens (tertiary/aromatic N) is 1. The Morgan fingerprint density at radius 2 is 1.88 bits per heavy atom. The van der Waals surface area contributed by atoms with E-state index in [0.29, 0.717) is 18.7 Å². The maximum Gasteiger partial charge on any atom is 0.128 e. The Morgan fingerprint density at radius 1 is 1.08 bits per heavy atom. The van der Waals surface area contributed by atoms with Crippen LogP contribution in [0.3, 0.4) is 0 Å². The first-order valence-electron chi connectivity index (χ1n) is 7.85. The van der Waals surface area contributed by atoms with Crippen molar-refractivity contribution in [2.24, 2.45) is 0 Å². The highest BCUT2D eigenvalue weighted by molar-refractivity contribution is 5.62. The predicted octanol–water partition coefficient (Wildman–Crippen LogP) is 3.31. The molecule has 3 N–H and O–H groups in total. The highest BCUT2D eigenvalue weighted by Crippen LogP contribution is 2.21. The smallest absolute Gasteiger partial charge is 0.128 e. The number of halogens is 1. The quantitative estimate of drug-likeness (QED) is 0.652. The van der Waals surface area contributed by atoms with Crippen molar-refractivity contribution in [3.8, 4) is 11.3 Å². The molecule has 5 heteroatoms. The van der Waals surface area contributed by atoms with Gasteiger partial charge in [0.25, 0.3) is 0 Å². The lowest BCUT2D eigenvalue weighted by atomic mass is 10.1. The van der Waals surface area contributed by atoms with Crippen molar-refractivity contribution in [2.75, 3.05) is 0 Å². The molecule has 0 atom stereocenters. The van der Waals surface area contributed by atoms with Gasteiger partial charge in [0.05, 0.1) is 18.5 Å². The largest absolute Gasteiger partial charge is 0.392 e. The van der Waals surface area contributed by atoms with Gasteiger partial charge in [0, 0.05) is 24.2 Å². The number of hydrogen-bond donors (Lipinski definition) is 3. The molecule has 3 rings (SSSR count). The number of aryl methyl sites for hydroxylation is 1. The van der Waals surface area contributed by atoms with Gasteiger partial charge in [-0.05, 0) is 30.2 Å². The number of nitrogens with one attached hydrogen (secondary N) is 2. The van der Waals surface area contributed by atoms with E-state index >= 15 is 0 Å². The molecule has 0 unspecified atom stereocenters. The number of aliphatic hydroxyl groups excluding tert-OH is 1. The minimum atomic E-state index is -0.377. The minimum absolute atomic E-state index is 0.293. The number of aromatic amines is 1. The van der Waals surface area contributed by atoms with Crippen molar-refractivity contribution in [3.05, 3.63) is 76.7 Å². The molecule has 0 saturated carbocycles. The van der Waals surface area contributed by atoms with Crippen LogP contribution in [0.2, 0.25) is 0 Å². The van der Waals surface area contributed by atoms with Crippen LogP contribution in [0.1, 0.15) is 22.3 Å².